The molecule has 6 heteroatoms. The van der Waals surface area contributed by atoms with Gasteiger partial charge < -0.3 is 10.6 Å². The molecule has 0 saturated carbocycles. The molecule has 0 unspecified atom stereocenters. The first-order chi connectivity index (χ1) is 8.40. The van der Waals surface area contributed by atoms with E-state index < -0.39 is 0 Å². The molecule has 0 saturated heterocycles. The molecule has 0 aliphatic carbocycles. The van der Waals surface area contributed by atoms with Gasteiger partial charge >= 0.3 is 0 Å². The molecule has 1 aromatic heterocycles. The average Bonchev–Trinajstić information content (AvgIpc) is 2.63. The minimum absolute atomic E-state index is 0. The molecule has 0 fully saturated rings. The Morgan fingerprint density at radius 2 is 2.11 bits per heavy atom. The molecule has 0 bridgehead atoms. The summed E-state index contributed by atoms with van der Waals surface area (Å²) >= 11 is 0. The number of nitrogens with zero attached hydrogens (tertiary/aromatic N) is 1. The number of halogens is 1. The van der Waals surface area contributed by atoms with E-state index in [0.717, 1.165) is 25.1 Å². The average molecular weight is 289 g/mol. The summed E-state index contributed by atoms with van der Waals surface area (Å²) in [6.07, 6.45) is 2.26. The number of amides is 1. The van der Waals surface area contributed by atoms with Crippen molar-refractivity contribution in [3.8, 4) is 0 Å². The van der Waals surface area contributed by atoms with Gasteiger partial charge in [-0.05, 0) is 31.8 Å². The smallest absolute Gasteiger partial charge is 0.225 e. The summed E-state index contributed by atoms with van der Waals surface area (Å²) in [6.45, 7) is 7.36. The third kappa shape index (κ3) is 7.85. The first-order valence-corrected chi connectivity index (χ1v) is 6.39. The van der Waals surface area contributed by atoms with Crippen LogP contribution in [0.4, 0.5) is 5.82 Å². The van der Waals surface area contributed by atoms with Crippen LogP contribution in [0.15, 0.2) is 6.07 Å². The SMILES string of the molecule is CNCCCC(=O)Nc1cc(CC(C)(C)C)[nH]n1.Cl. The Morgan fingerprint density at radius 3 is 2.68 bits per heavy atom. The first-order valence-electron chi connectivity index (χ1n) is 6.39. The van der Waals surface area contributed by atoms with Gasteiger partial charge in [0.25, 0.3) is 0 Å². The maximum atomic E-state index is 11.6. The minimum atomic E-state index is 0. The third-order valence-corrected chi connectivity index (χ3v) is 2.45. The Morgan fingerprint density at radius 1 is 1.42 bits per heavy atom. The topological polar surface area (TPSA) is 69.8 Å². The van der Waals surface area contributed by atoms with Crippen LogP contribution in [0.1, 0.15) is 39.3 Å². The summed E-state index contributed by atoms with van der Waals surface area (Å²) in [6, 6.07) is 1.90. The van der Waals surface area contributed by atoms with E-state index in [2.05, 4.69) is 41.6 Å². The number of carbonyl (C=O) groups excluding carboxylic acids is 1. The quantitative estimate of drug-likeness (QED) is 0.704. The van der Waals surface area contributed by atoms with Gasteiger partial charge in [0.05, 0.1) is 0 Å². The lowest BCUT2D eigenvalue weighted by Gasteiger charge is -2.15. The lowest BCUT2D eigenvalue weighted by molar-refractivity contribution is -0.116. The Kier molecular flexibility index (Phi) is 7.71. The second-order valence-corrected chi connectivity index (χ2v) is 5.77. The van der Waals surface area contributed by atoms with E-state index in [9.17, 15) is 4.79 Å². The van der Waals surface area contributed by atoms with E-state index in [1.54, 1.807) is 0 Å². The molecule has 3 N–H and O–H groups in total. The van der Waals surface area contributed by atoms with Gasteiger partial charge in [-0.25, -0.2) is 0 Å². The van der Waals surface area contributed by atoms with Crippen LogP contribution in [0.3, 0.4) is 0 Å². The molecule has 1 heterocycles. The standard InChI is InChI=1S/C13H24N4O.ClH/c1-13(2,3)9-10-8-11(17-16-10)15-12(18)6-5-7-14-4;/h8,14H,5-7,9H2,1-4H3,(H2,15,16,17,18);1H. The van der Waals surface area contributed by atoms with E-state index in [-0.39, 0.29) is 23.7 Å². The number of hydrogen-bond acceptors (Lipinski definition) is 3. The zero-order chi connectivity index (χ0) is 13.6. The van der Waals surface area contributed by atoms with E-state index in [1.165, 1.54) is 0 Å². The number of rotatable bonds is 6. The monoisotopic (exact) mass is 288 g/mol. The van der Waals surface area contributed by atoms with Crippen molar-refractivity contribution in [1.29, 1.82) is 0 Å². The highest BCUT2D eigenvalue weighted by atomic mass is 35.5. The van der Waals surface area contributed by atoms with Crippen LogP contribution in [-0.2, 0) is 11.2 Å². The maximum Gasteiger partial charge on any atom is 0.225 e. The van der Waals surface area contributed by atoms with Crippen molar-refractivity contribution in [3.05, 3.63) is 11.8 Å². The maximum absolute atomic E-state index is 11.6. The lowest BCUT2D eigenvalue weighted by Crippen LogP contribution is -2.15. The van der Waals surface area contributed by atoms with Gasteiger partial charge in [-0.3, -0.25) is 9.89 Å². The van der Waals surface area contributed by atoms with Crippen molar-refractivity contribution in [2.45, 2.75) is 40.0 Å². The molecule has 0 aliphatic rings. The summed E-state index contributed by atoms with van der Waals surface area (Å²) in [5.74, 6) is 0.628. The normalized spacial score (nSPS) is 10.9. The highest BCUT2D eigenvalue weighted by Gasteiger charge is 2.13. The predicted octanol–water partition coefficient (Wildman–Crippen LogP) is 2.36. The van der Waals surface area contributed by atoms with Crippen molar-refractivity contribution < 1.29 is 4.79 Å². The number of aromatic nitrogens is 2. The van der Waals surface area contributed by atoms with Gasteiger partial charge in [-0.2, -0.15) is 5.10 Å². The van der Waals surface area contributed by atoms with Crippen LogP contribution in [0, 0.1) is 5.41 Å². The van der Waals surface area contributed by atoms with Crippen LogP contribution < -0.4 is 10.6 Å². The molecule has 0 spiro atoms. The summed E-state index contributed by atoms with van der Waals surface area (Å²) in [7, 11) is 1.88. The zero-order valence-electron chi connectivity index (χ0n) is 12.2. The number of hydrogen-bond donors (Lipinski definition) is 3. The molecule has 1 rings (SSSR count). The summed E-state index contributed by atoms with van der Waals surface area (Å²) in [4.78, 5) is 11.6. The van der Waals surface area contributed by atoms with Crippen LogP contribution in [0.2, 0.25) is 0 Å². The van der Waals surface area contributed by atoms with Crippen LogP contribution in [-0.4, -0.2) is 29.7 Å². The first kappa shape index (κ1) is 17.9. The second kappa shape index (κ2) is 8.17. The fraction of sp³-hybridized carbons (Fsp3) is 0.692. The molecule has 0 radical (unpaired) electrons. The van der Waals surface area contributed by atoms with Gasteiger partial charge in [-0.15, -0.1) is 12.4 Å². The van der Waals surface area contributed by atoms with E-state index in [1.807, 2.05) is 13.1 Å². The zero-order valence-corrected chi connectivity index (χ0v) is 13.0. The van der Waals surface area contributed by atoms with E-state index in [4.69, 9.17) is 0 Å². The molecule has 0 aromatic carbocycles. The largest absolute Gasteiger partial charge is 0.320 e. The number of H-pyrrole nitrogens is 1. The Labute approximate surface area is 121 Å². The van der Waals surface area contributed by atoms with Crippen molar-refractivity contribution in [1.82, 2.24) is 15.5 Å². The highest BCUT2D eigenvalue weighted by molar-refractivity contribution is 5.89. The molecule has 1 aromatic rings. The van der Waals surface area contributed by atoms with E-state index >= 15 is 0 Å². The van der Waals surface area contributed by atoms with Gasteiger partial charge in [-0.1, -0.05) is 20.8 Å². The molecule has 5 nitrogen and oxygen atoms in total. The fourth-order valence-corrected chi connectivity index (χ4v) is 1.72. The molecule has 1 amide bonds. The Balaban J connectivity index is 0.00000324. The molecular formula is C13H25ClN4O. The molecule has 0 atom stereocenters. The molecule has 110 valence electrons. The minimum Gasteiger partial charge on any atom is -0.320 e. The number of carbonyl (C=O) groups is 1. The van der Waals surface area contributed by atoms with Crippen LogP contribution >= 0.6 is 12.4 Å². The van der Waals surface area contributed by atoms with Gasteiger partial charge in [0.1, 0.15) is 0 Å². The summed E-state index contributed by atoms with van der Waals surface area (Å²) in [5.41, 5.74) is 1.26. The number of nitrogens with one attached hydrogen (secondary N) is 3. The Bertz CT molecular complexity index is 384. The highest BCUT2D eigenvalue weighted by Crippen LogP contribution is 2.20. The number of anilines is 1. The van der Waals surface area contributed by atoms with Gasteiger partial charge in [0.15, 0.2) is 5.82 Å². The van der Waals surface area contributed by atoms with Crippen LogP contribution in [0.25, 0.3) is 0 Å². The van der Waals surface area contributed by atoms with Crippen molar-refractivity contribution in [2.75, 3.05) is 18.9 Å². The molecule has 19 heavy (non-hydrogen) atoms. The van der Waals surface area contributed by atoms with Gasteiger partial charge in [0, 0.05) is 18.2 Å². The van der Waals surface area contributed by atoms with E-state index in [0.29, 0.717) is 12.2 Å². The summed E-state index contributed by atoms with van der Waals surface area (Å²) in [5, 5.41) is 12.9. The number of aromatic amines is 1. The third-order valence-electron chi connectivity index (χ3n) is 2.45. The molecular weight excluding hydrogens is 264 g/mol. The predicted molar refractivity (Wildman–Crippen MR) is 80.8 cm³/mol. The lowest BCUT2D eigenvalue weighted by atomic mass is 9.91. The second-order valence-electron chi connectivity index (χ2n) is 5.77. The van der Waals surface area contributed by atoms with Crippen molar-refractivity contribution in [2.24, 2.45) is 5.41 Å². The summed E-state index contributed by atoms with van der Waals surface area (Å²) < 4.78 is 0. The molecule has 0 aliphatic heterocycles. The van der Waals surface area contributed by atoms with Crippen molar-refractivity contribution >= 4 is 24.1 Å². The van der Waals surface area contributed by atoms with Crippen LogP contribution in [0.5, 0.6) is 0 Å². The van der Waals surface area contributed by atoms with Gasteiger partial charge in [0.2, 0.25) is 5.91 Å². The fourth-order valence-electron chi connectivity index (χ4n) is 1.72. The Hall–Kier alpha value is -1.07. The van der Waals surface area contributed by atoms with Crippen molar-refractivity contribution in [3.63, 3.8) is 0 Å².